The third-order valence-electron chi connectivity index (χ3n) is 3.14. The Morgan fingerprint density at radius 3 is 2.75 bits per heavy atom. The van der Waals surface area contributed by atoms with Crippen molar-refractivity contribution in [3.05, 3.63) is 23.8 Å². The molecule has 0 unspecified atom stereocenters. The summed E-state index contributed by atoms with van der Waals surface area (Å²) in [6.07, 6.45) is 3.36. The number of benzene rings is 1. The van der Waals surface area contributed by atoms with E-state index in [4.69, 9.17) is 10.8 Å². The molecule has 5 N–H and O–H groups in total. The summed E-state index contributed by atoms with van der Waals surface area (Å²) < 4.78 is 0. The Labute approximate surface area is 117 Å². The number of aromatic carboxylic acids is 1. The van der Waals surface area contributed by atoms with Crippen molar-refractivity contribution in [1.82, 2.24) is 5.32 Å². The van der Waals surface area contributed by atoms with Crippen LogP contribution in [0.15, 0.2) is 18.2 Å². The minimum absolute atomic E-state index is 0.0813. The smallest absolute Gasteiger partial charge is 0.337 e. The van der Waals surface area contributed by atoms with Crippen molar-refractivity contribution in [1.29, 1.82) is 0 Å². The van der Waals surface area contributed by atoms with Crippen LogP contribution in [0.4, 0.5) is 11.4 Å². The van der Waals surface area contributed by atoms with E-state index in [0.29, 0.717) is 31.1 Å². The lowest BCUT2D eigenvalue weighted by Crippen LogP contribution is -2.25. The Kier molecular flexibility index (Phi) is 4.45. The highest BCUT2D eigenvalue weighted by atomic mass is 16.4. The van der Waals surface area contributed by atoms with Crippen molar-refractivity contribution >= 4 is 23.3 Å². The maximum Gasteiger partial charge on any atom is 0.337 e. The molecule has 0 aliphatic heterocycles. The SMILES string of the molecule is Nc1ccc(NCCCC(=O)NC2CC2)cc1C(=O)O. The molecule has 1 saturated carbocycles. The molecule has 1 amide bonds. The summed E-state index contributed by atoms with van der Waals surface area (Å²) in [6.45, 7) is 0.612. The van der Waals surface area contributed by atoms with Gasteiger partial charge in [0.2, 0.25) is 5.91 Å². The summed E-state index contributed by atoms with van der Waals surface area (Å²) in [5, 5.41) is 15.0. The summed E-state index contributed by atoms with van der Waals surface area (Å²) in [7, 11) is 0. The van der Waals surface area contributed by atoms with Gasteiger partial charge >= 0.3 is 5.97 Å². The van der Waals surface area contributed by atoms with E-state index >= 15 is 0 Å². The number of carboxylic acids is 1. The van der Waals surface area contributed by atoms with E-state index in [-0.39, 0.29) is 17.2 Å². The summed E-state index contributed by atoms with van der Waals surface area (Å²) in [5.41, 5.74) is 6.60. The zero-order valence-electron chi connectivity index (χ0n) is 11.2. The fourth-order valence-corrected chi connectivity index (χ4v) is 1.86. The predicted molar refractivity (Wildman–Crippen MR) is 76.7 cm³/mol. The number of hydrogen-bond donors (Lipinski definition) is 4. The topological polar surface area (TPSA) is 104 Å². The summed E-state index contributed by atoms with van der Waals surface area (Å²) in [5.74, 6) is -0.965. The third kappa shape index (κ3) is 4.15. The van der Waals surface area contributed by atoms with Crippen molar-refractivity contribution in [3.8, 4) is 0 Å². The molecule has 0 aromatic heterocycles. The molecule has 0 saturated heterocycles. The summed E-state index contributed by atoms with van der Waals surface area (Å²) >= 11 is 0. The van der Waals surface area contributed by atoms with Gasteiger partial charge in [-0.25, -0.2) is 4.79 Å². The number of nitrogens with one attached hydrogen (secondary N) is 2. The molecule has 0 bridgehead atoms. The molecule has 6 nitrogen and oxygen atoms in total. The lowest BCUT2D eigenvalue weighted by atomic mass is 10.1. The second-order valence-corrected chi connectivity index (χ2v) is 4.98. The number of carbonyl (C=O) groups is 2. The van der Waals surface area contributed by atoms with Crippen LogP contribution in [-0.2, 0) is 4.79 Å². The molecule has 1 aromatic rings. The van der Waals surface area contributed by atoms with Crippen molar-refractivity contribution < 1.29 is 14.7 Å². The van der Waals surface area contributed by atoms with Crippen LogP contribution in [0, 0.1) is 0 Å². The van der Waals surface area contributed by atoms with Gasteiger partial charge in [-0.1, -0.05) is 0 Å². The molecule has 1 aliphatic carbocycles. The van der Waals surface area contributed by atoms with Gasteiger partial charge in [0.1, 0.15) is 0 Å². The maximum absolute atomic E-state index is 11.5. The zero-order chi connectivity index (χ0) is 14.5. The highest BCUT2D eigenvalue weighted by molar-refractivity contribution is 5.94. The largest absolute Gasteiger partial charge is 0.478 e. The van der Waals surface area contributed by atoms with Crippen LogP contribution >= 0.6 is 0 Å². The molecule has 108 valence electrons. The quantitative estimate of drug-likeness (QED) is 0.446. The van der Waals surface area contributed by atoms with Gasteiger partial charge in [0.15, 0.2) is 0 Å². The first-order chi connectivity index (χ1) is 9.56. The van der Waals surface area contributed by atoms with Crippen LogP contribution in [0.2, 0.25) is 0 Å². The number of nitrogen functional groups attached to an aromatic ring is 1. The van der Waals surface area contributed by atoms with Gasteiger partial charge in [-0.3, -0.25) is 4.79 Å². The van der Waals surface area contributed by atoms with Crippen molar-refractivity contribution in [2.45, 2.75) is 31.7 Å². The molecule has 2 rings (SSSR count). The van der Waals surface area contributed by atoms with Crippen LogP contribution in [0.5, 0.6) is 0 Å². The van der Waals surface area contributed by atoms with Crippen LogP contribution in [0.1, 0.15) is 36.0 Å². The number of anilines is 2. The standard InChI is InChI=1S/C14H19N3O3/c15-12-6-5-10(8-11(12)14(19)20)16-7-1-2-13(18)17-9-3-4-9/h5-6,8-9,16H,1-4,7,15H2,(H,17,18)(H,19,20). The van der Waals surface area contributed by atoms with E-state index in [1.807, 2.05) is 0 Å². The lowest BCUT2D eigenvalue weighted by molar-refractivity contribution is -0.121. The lowest BCUT2D eigenvalue weighted by Gasteiger charge is -2.09. The molecule has 0 heterocycles. The van der Waals surface area contributed by atoms with Crippen LogP contribution in [0.25, 0.3) is 0 Å². The van der Waals surface area contributed by atoms with E-state index in [1.165, 1.54) is 6.07 Å². The third-order valence-corrected chi connectivity index (χ3v) is 3.14. The van der Waals surface area contributed by atoms with Gasteiger partial charge in [0, 0.05) is 30.4 Å². The maximum atomic E-state index is 11.5. The fraction of sp³-hybridized carbons (Fsp3) is 0.429. The molecular formula is C14H19N3O3. The van der Waals surface area contributed by atoms with Crippen LogP contribution < -0.4 is 16.4 Å². The molecule has 0 spiro atoms. The summed E-state index contributed by atoms with van der Waals surface area (Å²) in [6, 6.07) is 5.19. The average Bonchev–Trinajstić information content (AvgIpc) is 3.20. The van der Waals surface area contributed by atoms with E-state index in [1.54, 1.807) is 12.1 Å². The zero-order valence-corrected chi connectivity index (χ0v) is 11.2. The highest BCUT2D eigenvalue weighted by Gasteiger charge is 2.22. The number of rotatable bonds is 7. The van der Waals surface area contributed by atoms with E-state index in [0.717, 1.165) is 12.8 Å². The van der Waals surface area contributed by atoms with Gasteiger partial charge in [-0.05, 0) is 37.5 Å². The molecule has 0 atom stereocenters. The Hall–Kier alpha value is -2.24. The van der Waals surface area contributed by atoms with Crippen molar-refractivity contribution in [2.24, 2.45) is 0 Å². The first-order valence-electron chi connectivity index (χ1n) is 6.72. The number of nitrogens with two attached hydrogens (primary N) is 1. The Morgan fingerprint density at radius 2 is 2.10 bits per heavy atom. The molecule has 1 aliphatic rings. The van der Waals surface area contributed by atoms with E-state index in [9.17, 15) is 9.59 Å². The number of carbonyl (C=O) groups excluding carboxylic acids is 1. The number of carboxylic acid groups (broad SMARTS) is 1. The average molecular weight is 277 g/mol. The normalized spacial score (nSPS) is 13.8. The molecule has 0 radical (unpaired) electrons. The Balaban J connectivity index is 1.74. The highest BCUT2D eigenvalue weighted by Crippen LogP contribution is 2.19. The minimum atomic E-state index is -1.05. The first-order valence-corrected chi connectivity index (χ1v) is 6.72. The number of hydrogen-bond acceptors (Lipinski definition) is 4. The first kappa shape index (κ1) is 14.2. The fourth-order valence-electron chi connectivity index (χ4n) is 1.86. The van der Waals surface area contributed by atoms with Gasteiger partial charge in [-0.2, -0.15) is 0 Å². The van der Waals surface area contributed by atoms with Crippen LogP contribution in [-0.4, -0.2) is 29.6 Å². The molecular weight excluding hydrogens is 258 g/mol. The molecule has 1 fully saturated rings. The monoisotopic (exact) mass is 277 g/mol. The predicted octanol–water partition coefficient (Wildman–Crippen LogP) is 1.44. The summed E-state index contributed by atoms with van der Waals surface area (Å²) in [4.78, 5) is 22.4. The number of amides is 1. The Bertz CT molecular complexity index is 512. The van der Waals surface area contributed by atoms with Gasteiger partial charge < -0.3 is 21.5 Å². The van der Waals surface area contributed by atoms with Crippen LogP contribution in [0.3, 0.4) is 0 Å². The molecule has 6 heteroatoms. The van der Waals surface area contributed by atoms with Gasteiger partial charge in [0.25, 0.3) is 0 Å². The van der Waals surface area contributed by atoms with E-state index < -0.39 is 5.97 Å². The molecule has 1 aromatic carbocycles. The van der Waals surface area contributed by atoms with Gasteiger partial charge in [-0.15, -0.1) is 0 Å². The molecule has 20 heavy (non-hydrogen) atoms. The second-order valence-electron chi connectivity index (χ2n) is 4.98. The van der Waals surface area contributed by atoms with E-state index in [2.05, 4.69) is 10.6 Å². The Morgan fingerprint density at radius 1 is 1.35 bits per heavy atom. The second kappa shape index (κ2) is 6.27. The van der Waals surface area contributed by atoms with Crippen molar-refractivity contribution in [3.63, 3.8) is 0 Å². The minimum Gasteiger partial charge on any atom is -0.478 e. The van der Waals surface area contributed by atoms with Crippen molar-refractivity contribution in [2.75, 3.05) is 17.6 Å². The van der Waals surface area contributed by atoms with Gasteiger partial charge in [0.05, 0.1) is 5.56 Å².